The summed E-state index contributed by atoms with van der Waals surface area (Å²) >= 11 is 0. The second-order valence-corrected chi connectivity index (χ2v) is 6.60. The van der Waals surface area contributed by atoms with Crippen molar-refractivity contribution in [1.82, 2.24) is 19.6 Å². The lowest BCUT2D eigenvalue weighted by molar-refractivity contribution is 0.577. The highest BCUT2D eigenvalue weighted by molar-refractivity contribution is 5.64. The number of unbranched alkanes of at least 4 members (excludes halogenated alkanes) is 2. The first-order chi connectivity index (χ1) is 13.7. The minimum atomic E-state index is 0.281. The van der Waals surface area contributed by atoms with Gasteiger partial charge in [0.2, 0.25) is 5.82 Å². The maximum Gasteiger partial charge on any atom is 0.218 e. The van der Waals surface area contributed by atoms with Crippen LogP contribution in [-0.4, -0.2) is 19.6 Å². The molecule has 1 aromatic carbocycles. The topological polar surface area (TPSA) is 82.2 Å². The van der Waals surface area contributed by atoms with Crippen molar-refractivity contribution in [3.63, 3.8) is 0 Å². The van der Waals surface area contributed by atoms with Crippen LogP contribution in [0.3, 0.4) is 0 Å². The number of nitrogens with zero attached hydrogens (tertiary/aromatic N) is 4. The number of furan rings is 1. The zero-order valence-electron chi connectivity index (χ0n) is 15.7. The van der Waals surface area contributed by atoms with Crippen LogP contribution in [0, 0.1) is 11.8 Å². The van der Waals surface area contributed by atoms with Gasteiger partial charge in [-0.2, -0.15) is 0 Å². The fraction of sp³-hybridized carbons (Fsp3) is 0.227. The van der Waals surface area contributed by atoms with Gasteiger partial charge in [0.05, 0.1) is 12.5 Å². The molecule has 0 fully saturated rings. The third kappa shape index (κ3) is 3.89. The average molecular weight is 371 g/mol. The molecule has 3 heterocycles. The molecule has 0 unspecified atom stereocenters. The Labute approximate surface area is 163 Å². The van der Waals surface area contributed by atoms with Crippen LogP contribution < -0.4 is 5.73 Å². The number of nitrogens with two attached hydrogens (primary N) is 1. The van der Waals surface area contributed by atoms with E-state index in [0.29, 0.717) is 22.9 Å². The summed E-state index contributed by atoms with van der Waals surface area (Å²) < 4.78 is 6.92. The van der Waals surface area contributed by atoms with Gasteiger partial charge in [-0.1, -0.05) is 37.8 Å². The molecule has 0 aliphatic heterocycles. The quantitative estimate of drug-likeness (QED) is 0.422. The SMILES string of the molecule is CCCCCc1ccc(C#Cc2cn3nc(-c4ccco4)nc3c(N)n2)cc1. The second kappa shape index (κ2) is 7.97. The predicted octanol–water partition coefficient (Wildman–Crippen LogP) is 4.10. The summed E-state index contributed by atoms with van der Waals surface area (Å²) in [6.07, 6.45) is 8.13. The van der Waals surface area contributed by atoms with Gasteiger partial charge >= 0.3 is 0 Å². The van der Waals surface area contributed by atoms with E-state index >= 15 is 0 Å². The lowest BCUT2D eigenvalue weighted by Crippen LogP contribution is -2.00. The molecule has 4 aromatic rings. The first-order valence-corrected chi connectivity index (χ1v) is 9.40. The minimum Gasteiger partial charge on any atom is -0.461 e. The molecular formula is C22H21N5O. The molecule has 28 heavy (non-hydrogen) atoms. The third-order valence-corrected chi connectivity index (χ3v) is 4.45. The Bertz CT molecular complexity index is 1130. The van der Waals surface area contributed by atoms with E-state index < -0.39 is 0 Å². The Kier molecular flexibility index (Phi) is 5.07. The summed E-state index contributed by atoms with van der Waals surface area (Å²) in [5.41, 5.74) is 9.34. The summed E-state index contributed by atoms with van der Waals surface area (Å²) in [7, 11) is 0. The fourth-order valence-electron chi connectivity index (χ4n) is 2.95. The van der Waals surface area contributed by atoms with Gasteiger partial charge in [-0.05, 0) is 48.6 Å². The monoisotopic (exact) mass is 371 g/mol. The van der Waals surface area contributed by atoms with Crippen molar-refractivity contribution in [3.8, 4) is 23.4 Å². The number of aromatic nitrogens is 4. The molecule has 0 atom stereocenters. The van der Waals surface area contributed by atoms with Gasteiger partial charge in [-0.25, -0.2) is 14.5 Å². The van der Waals surface area contributed by atoms with E-state index in [1.54, 1.807) is 29.1 Å². The zero-order chi connectivity index (χ0) is 19.3. The number of hydrogen-bond donors (Lipinski definition) is 1. The molecule has 0 radical (unpaired) electrons. The molecule has 4 rings (SSSR count). The van der Waals surface area contributed by atoms with Crippen molar-refractivity contribution >= 4 is 11.5 Å². The van der Waals surface area contributed by atoms with Crippen LogP contribution in [0.1, 0.15) is 43.0 Å². The first-order valence-electron chi connectivity index (χ1n) is 9.40. The van der Waals surface area contributed by atoms with Crippen LogP contribution in [0.15, 0.2) is 53.3 Å². The maximum atomic E-state index is 6.04. The minimum absolute atomic E-state index is 0.281. The molecular weight excluding hydrogens is 350 g/mol. The molecule has 6 heteroatoms. The highest BCUT2D eigenvalue weighted by Crippen LogP contribution is 2.18. The van der Waals surface area contributed by atoms with Gasteiger partial charge in [-0.15, -0.1) is 5.10 Å². The number of hydrogen-bond acceptors (Lipinski definition) is 5. The normalized spacial score (nSPS) is 10.8. The van der Waals surface area contributed by atoms with Crippen LogP contribution in [0.25, 0.3) is 17.2 Å². The first kappa shape index (κ1) is 17.8. The summed E-state index contributed by atoms with van der Waals surface area (Å²) in [6.45, 7) is 2.22. The average Bonchev–Trinajstić information content (AvgIpc) is 3.37. The Balaban J connectivity index is 1.55. The summed E-state index contributed by atoms with van der Waals surface area (Å²) in [4.78, 5) is 8.71. The van der Waals surface area contributed by atoms with E-state index in [0.717, 1.165) is 12.0 Å². The van der Waals surface area contributed by atoms with Crippen molar-refractivity contribution in [1.29, 1.82) is 0 Å². The molecule has 0 aliphatic carbocycles. The molecule has 0 spiro atoms. The summed E-state index contributed by atoms with van der Waals surface area (Å²) in [6, 6.07) is 11.9. The Morgan fingerprint density at radius 2 is 1.93 bits per heavy atom. The van der Waals surface area contributed by atoms with Crippen molar-refractivity contribution in [3.05, 3.63) is 65.7 Å². The summed E-state index contributed by atoms with van der Waals surface area (Å²) in [5.74, 6) is 7.51. The summed E-state index contributed by atoms with van der Waals surface area (Å²) in [5, 5.41) is 4.40. The molecule has 0 amide bonds. The smallest absolute Gasteiger partial charge is 0.218 e. The van der Waals surface area contributed by atoms with E-state index in [-0.39, 0.29) is 5.82 Å². The van der Waals surface area contributed by atoms with Crippen LogP contribution in [0.5, 0.6) is 0 Å². The van der Waals surface area contributed by atoms with Crippen molar-refractivity contribution < 1.29 is 4.42 Å². The molecule has 3 aromatic heterocycles. The predicted molar refractivity (Wildman–Crippen MR) is 109 cm³/mol. The molecule has 2 N–H and O–H groups in total. The highest BCUT2D eigenvalue weighted by Gasteiger charge is 2.12. The molecule has 0 bridgehead atoms. The van der Waals surface area contributed by atoms with Crippen LogP contribution in [-0.2, 0) is 6.42 Å². The molecule has 0 aliphatic rings. The number of aryl methyl sites for hydroxylation is 1. The van der Waals surface area contributed by atoms with Gasteiger partial charge < -0.3 is 10.2 Å². The van der Waals surface area contributed by atoms with E-state index in [2.05, 4.69) is 46.0 Å². The Hall–Kier alpha value is -3.59. The number of anilines is 1. The van der Waals surface area contributed by atoms with Gasteiger partial charge in [-0.3, -0.25) is 0 Å². The molecule has 0 saturated heterocycles. The second-order valence-electron chi connectivity index (χ2n) is 6.60. The lowest BCUT2D eigenvalue weighted by Gasteiger charge is -2.00. The zero-order valence-corrected chi connectivity index (χ0v) is 15.7. The largest absolute Gasteiger partial charge is 0.461 e. The molecule has 6 nitrogen and oxygen atoms in total. The third-order valence-electron chi connectivity index (χ3n) is 4.45. The van der Waals surface area contributed by atoms with E-state index in [4.69, 9.17) is 10.2 Å². The maximum absolute atomic E-state index is 6.04. The van der Waals surface area contributed by atoms with Gasteiger partial charge in [0.15, 0.2) is 17.2 Å². The lowest BCUT2D eigenvalue weighted by atomic mass is 10.1. The Morgan fingerprint density at radius 1 is 1.07 bits per heavy atom. The van der Waals surface area contributed by atoms with Crippen LogP contribution in [0.2, 0.25) is 0 Å². The van der Waals surface area contributed by atoms with E-state index in [9.17, 15) is 0 Å². The molecule has 140 valence electrons. The van der Waals surface area contributed by atoms with Crippen molar-refractivity contribution in [2.24, 2.45) is 0 Å². The van der Waals surface area contributed by atoms with Gasteiger partial charge in [0.1, 0.15) is 5.69 Å². The molecule has 0 saturated carbocycles. The Morgan fingerprint density at radius 3 is 2.68 bits per heavy atom. The van der Waals surface area contributed by atoms with Crippen molar-refractivity contribution in [2.75, 3.05) is 5.73 Å². The van der Waals surface area contributed by atoms with Crippen LogP contribution >= 0.6 is 0 Å². The number of fused-ring (bicyclic) bond motifs is 1. The van der Waals surface area contributed by atoms with E-state index in [1.807, 2.05) is 12.1 Å². The van der Waals surface area contributed by atoms with Crippen molar-refractivity contribution in [2.45, 2.75) is 32.6 Å². The number of benzene rings is 1. The number of rotatable bonds is 5. The van der Waals surface area contributed by atoms with Crippen LogP contribution in [0.4, 0.5) is 5.82 Å². The fourth-order valence-corrected chi connectivity index (χ4v) is 2.95. The van der Waals surface area contributed by atoms with Gasteiger partial charge in [0.25, 0.3) is 0 Å². The number of nitrogen functional groups attached to an aromatic ring is 1. The van der Waals surface area contributed by atoms with E-state index in [1.165, 1.54) is 24.8 Å². The van der Waals surface area contributed by atoms with Gasteiger partial charge in [0, 0.05) is 5.56 Å². The highest BCUT2D eigenvalue weighted by atomic mass is 16.3. The standard InChI is InChI=1S/C22H21N5O/c1-2-3-4-6-16-8-10-17(11-9-16)12-13-18-15-27-22(20(23)24-18)25-21(26-27)19-7-5-14-28-19/h5,7-11,14-15H,2-4,6H2,1H3,(H2,23,24).